The number of carbonyl (C=O) groups excluding carboxylic acids is 2. The summed E-state index contributed by atoms with van der Waals surface area (Å²) in [6.45, 7) is 2.00. The number of ether oxygens (including phenoxy) is 1. The van der Waals surface area contributed by atoms with Crippen molar-refractivity contribution in [1.29, 1.82) is 0 Å². The van der Waals surface area contributed by atoms with Crippen LogP contribution in [0, 0.1) is 0 Å². The predicted molar refractivity (Wildman–Crippen MR) is 95.8 cm³/mol. The summed E-state index contributed by atoms with van der Waals surface area (Å²) in [5, 5.41) is 7.54. The van der Waals surface area contributed by atoms with Crippen molar-refractivity contribution in [2.45, 2.75) is 26.3 Å². The lowest BCUT2D eigenvalue weighted by molar-refractivity contribution is -0.133. The number of aromatic nitrogens is 2. The smallest absolute Gasteiger partial charge is 0.359 e. The molecule has 0 aliphatic rings. The average Bonchev–Trinajstić information content (AvgIpc) is 3.04. The molecule has 1 aromatic carbocycles. The number of aromatic amines is 1. The van der Waals surface area contributed by atoms with Gasteiger partial charge in [0.1, 0.15) is 0 Å². The summed E-state index contributed by atoms with van der Waals surface area (Å²) in [6, 6.07) is 6.78. The number of amides is 1. The maximum Gasteiger partial charge on any atom is 0.359 e. The van der Waals surface area contributed by atoms with Crippen LogP contribution in [0.4, 0.5) is 0 Å². The van der Waals surface area contributed by atoms with Gasteiger partial charge in [0.05, 0.1) is 10.0 Å². The van der Waals surface area contributed by atoms with Gasteiger partial charge in [-0.05, 0) is 30.2 Å². The van der Waals surface area contributed by atoms with Crippen molar-refractivity contribution in [2.75, 3.05) is 13.7 Å². The molecule has 0 saturated carbocycles. The Bertz CT molecular complexity index is 761. The number of aryl methyl sites for hydroxylation is 1. The zero-order valence-electron chi connectivity index (χ0n) is 14.0. The maximum absolute atomic E-state index is 12.1. The van der Waals surface area contributed by atoms with E-state index in [9.17, 15) is 9.59 Å². The van der Waals surface area contributed by atoms with E-state index in [1.165, 1.54) is 4.90 Å². The van der Waals surface area contributed by atoms with E-state index in [1.54, 1.807) is 31.3 Å². The second-order valence-corrected chi connectivity index (χ2v) is 6.42. The fourth-order valence-electron chi connectivity index (χ4n) is 2.18. The van der Waals surface area contributed by atoms with Crippen molar-refractivity contribution in [2.24, 2.45) is 0 Å². The van der Waals surface area contributed by atoms with E-state index in [2.05, 4.69) is 10.2 Å². The molecule has 1 aromatic heterocycles. The molecule has 6 nitrogen and oxygen atoms in total. The van der Waals surface area contributed by atoms with Crippen LogP contribution in [0.25, 0.3) is 0 Å². The number of carbonyl (C=O) groups is 2. The van der Waals surface area contributed by atoms with Crippen LogP contribution < -0.4 is 0 Å². The van der Waals surface area contributed by atoms with Gasteiger partial charge in [-0.2, -0.15) is 5.10 Å². The average molecular weight is 384 g/mol. The Morgan fingerprint density at radius 3 is 2.68 bits per heavy atom. The van der Waals surface area contributed by atoms with E-state index in [0.29, 0.717) is 16.6 Å². The minimum Gasteiger partial charge on any atom is -0.451 e. The number of halogens is 2. The maximum atomic E-state index is 12.1. The van der Waals surface area contributed by atoms with Crippen LogP contribution in [0.2, 0.25) is 10.0 Å². The van der Waals surface area contributed by atoms with E-state index in [-0.39, 0.29) is 18.2 Å². The van der Waals surface area contributed by atoms with Crippen molar-refractivity contribution < 1.29 is 14.3 Å². The Labute approximate surface area is 156 Å². The third kappa shape index (κ3) is 5.47. The number of hydrogen-bond donors (Lipinski definition) is 1. The van der Waals surface area contributed by atoms with Crippen LogP contribution in [0.3, 0.4) is 0 Å². The van der Waals surface area contributed by atoms with E-state index in [1.807, 2.05) is 6.92 Å². The summed E-state index contributed by atoms with van der Waals surface area (Å²) in [4.78, 5) is 25.5. The number of nitrogens with zero attached hydrogens (tertiary/aromatic N) is 2. The van der Waals surface area contributed by atoms with Crippen molar-refractivity contribution in [3.8, 4) is 0 Å². The molecule has 0 radical (unpaired) electrons. The molecule has 1 heterocycles. The summed E-state index contributed by atoms with van der Waals surface area (Å²) >= 11 is 11.8. The van der Waals surface area contributed by atoms with Crippen molar-refractivity contribution in [3.05, 3.63) is 51.3 Å². The predicted octanol–water partition coefficient (Wildman–Crippen LogP) is 3.48. The van der Waals surface area contributed by atoms with Gasteiger partial charge < -0.3 is 9.64 Å². The zero-order valence-corrected chi connectivity index (χ0v) is 15.5. The molecular weight excluding hydrogens is 365 g/mol. The Balaban J connectivity index is 1.85. The van der Waals surface area contributed by atoms with Gasteiger partial charge in [0.2, 0.25) is 0 Å². The highest BCUT2D eigenvalue weighted by molar-refractivity contribution is 6.42. The van der Waals surface area contributed by atoms with Gasteiger partial charge in [0, 0.05) is 19.3 Å². The minimum absolute atomic E-state index is 0.170. The topological polar surface area (TPSA) is 75.3 Å². The number of H-pyrrole nitrogens is 1. The quantitative estimate of drug-likeness (QED) is 0.742. The fourth-order valence-corrected chi connectivity index (χ4v) is 2.50. The first-order valence-corrected chi connectivity index (χ1v) is 8.55. The van der Waals surface area contributed by atoms with Crippen LogP contribution in [0.1, 0.15) is 35.1 Å². The second kappa shape index (κ2) is 8.87. The Morgan fingerprint density at radius 1 is 1.24 bits per heavy atom. The Morgan fingerprint density at radius 2 is 2.00 bits per heavy atom. The molecule has 0 unspecified atom stereocenters. The molecule has 1 amide bonds. The molecule has 2 aromatic rings. The lowest BCUT2D eigenvalue weighted by atomic mass is 10.2. The van der Waals surface area contributed by atoms with E-state index >= 15 is 0 Å². The van der Waals surface area contributed by atoms with Gasteiger partial charge in [0.15, 0.2) is 12.3 Å². The number of benzene rings is 1. The lowest BCUT2D eigenvalue weighted by Crippen LogP contribution is -2.30. The zero-order chi connectivity index (χ0) is 18.4. The molecule has 0 saturated heterocycles. The standard InChI is InChI=1S/C17H19Cl2N3O3/c1-3-4-12-8-15(21-20-12)17(24)25-10-16(23)22(2)9-11-5-6-13(18)14(19)7-11/h5-8H,3-4,9-10H2,1-2H3,(H,20,21). The first-order valence-electron chi connectivity index (χ1n) is 7.80. The highest BCUT2D eigenvalue weighted by atomic mass is 35.5. The molecular formula is C17H19Cl2N3O3. The van der Waals surface area contributed by atoms with Crippen LogP contribution in [-0.2, 0) is 22.5 Å². The lowest BCUT2D eigenvalue weighted by Gasteiger charge is -2.17. The molecule has 0 aliphatic carbocycles. The van der Waals surface area contributed by atoms with Crippen molar-refractivity contribution in [3.63, 3.8) is 0 Å². The number of hydrogen-bond acceptors (Lipinski definition) is 4. The van der Waals surface area contributed by atoms with Gasteiger partial charge in [-0.1, -0.05) is 42.6 Å². The molecule has 8 heteroatoms. The summed E-state index contributed by atoms with van der Waals surface area (Å²) < 4.78 is 5.02. The SMILES string of the molecule is CCCc1cc(C(=O)OCC(=O)N(C)Cc2ccc(Cl)c(Cl)c2)n[nH]1. The first-order chi connectivity index (χ1) is 11.9. The molecule has 0 atom stereocenters. The first kappa shape index (κ1) is 19.3. The van der Waals surface area contributed by atoms with Gasteiger partial charge in [-0.15, -0.1) is 0 Å². The van der Waals surface area contributed by atoms with Gasteiger partial charge in [-0.3, -0.25) is 9.89 Å². The second-order valence-electron chi connectivity index (χ2n) is 5.60. The molecule has 0 fully saturated rings. The van der Waals surface area contributed by atoms with Crippen LogP contribution >= 0.6 is 23.2 Å². The van der Waals surface area contributed by atoms with Crippen molar-refractivity contribution in [1.82, 2.24) is 15.1 Å². The summed E-state index contributed by atoms with van der Waals surface area (Å²) in [5.74, 6) is -0.960. The Hall–Kier alpha value is -2.05. The molecule has 134 valence electrons. The van der Waals surface area contributed by atoms with E-state index < -0.39 is 5.97 Å². The highest BCUT2D eigenvalue weighted by Crippen LogP contribution is 2.23. The number of esters is 1. The normalized spacial score (nSPS) is 10.6. The molecule has 1 N–H and O–H groups in total. The molecule has 25 heavy (non-hydrogen) atoms. The number of nitrogens with one attached hydrogen (secondary N) is 1. The van der Waals surface area contributed by atoms with Crippen LogP contribution in [0.5, 0.6) is 0 Å². The van der Waals surface area contributed by atoms with E-state index in [0.717, 1.165) is 24.1 Å². The monoisotopic (exact) mass is 383 g/mol. The Kier molecular flexibility index (Phi) is 6.84. The summed E-state index contributed by atoms with van der Waals surface area (Å²) in [6.07, 6.45) is 1.74. The largest absolute Gasteiger partial charge is 0.451 e. The van der Waals surface area contributed by atoms with Crippen molar-refractivity contribution >= 4 is 35.1 Å². The summed E-state index contributed by atoms with van der Waals surface area (Å²) in [7, 11) is 1.62. The minimum atomic E-state index is -0.630. The third-order valence-corrected chi connectivity index (χ3v) is 4.25. The third-order valence-electron chi connectivity index (χ3n) is 3.52. The number of likely N-dealkylation sites (N-methyl/N-ethyl adjacent to an activating group) is 1. The highest BCUT2D eigenvalue weighted by Gasteiger charge is 2.16. The number of rotatable bonds is 7. The van der Waals surface area contributed by atoms with Gasteiger partial charge in [-0.25, -0.2) is 4.79 Å². The fraction of sp³-hybridized carbons (Fsp3) is 0.353. The molecule has 2 rings (SSSR count). The van der Waals surface area contributed by atoms with Gasteiger partial charge in [0.25, 0.3) is 5.91 Å². The summed E-state index contributed by atoms with van der Waals surface area (Å²) in [5.41, 5.74) is 1.86. The molecule has 0 spiro atoms. The van der Waals surface area contributed by atoms with Gasteiger partial charge >= 0.3 is 5.97 Å². The van der Waals surface area contributed by atoms with Crippen LogP contribution in [0.15, 0.2) is 24.3 Å². The molecule has 0 aliphatic heterocycles. The van der Waals surface area contributed by atoms with Crippen LogP contribution in [-0.4, -0.2) is 40.6 Å². The van der Waals surface area contributed by atoms with E-state index in [4.69, 9.17) is 27.9 Å². The molecule has 0 bridgehead atoms.